The highest BCUT2D eigenvalue weighted by molar-refractivity contribution is 7.99. The Morgan fingerprint density at radius 2 is 2.13 bits per heavy atom. The summed E-state index contributed by atoms with van der Waals surface area (Å²) >= 11 is 1.79. The zero-order valence-electron chi connectivity index (χ0n) is 12.9. The first-order valence-electron chi connectivity index (χ1n) is 7.66. The van der Waals surface area contributed by atoms with Gasteiger partial charge < -0.3 is 19.1 Å². The summed E-state index contributed by atoms with van der Waals surface area (Å²) in [6, 6.07) is 5.96. The number of amides is 1. The molecule has 2 aliphatic rings. The van der Waals surface area contributed by atoms with E-state index in [1.807, 2.05) is 18.2 Å². The predicted molar refractivity (Wildman–Crippen MR) is 85.6 cm³/mol. The third-order valence-corrected chi connectivity index (χ3v) is 5.18. The third-order valence-electron chi connectivity index (χ3n) is 3.85. The molecule has 0 radical (unpaired) electrons. The van der Waals surface area contributed by atoms with Crippen molar-refractivity contribution in [2.75, 3.05) is 32.2 Å². The van der Waals surface area contributed by atoms with Crippen LogP contribution in [0.15, 0.2) is 18.2 Å². The first-order valence-corrected chi connectivity index (χ1v) is 8.71. The Morgan fingerprint density at radius 3 is 2.96 bits per heavy atom. The van der Waals surface area contributed by atoms with Gasteiger partial charge in [-0.15, -0.1) is 0 Å². The zero-order valence-corrected chi connectivity index (χ0v) is 13.8. The average Bonchev–Trinajstić information content (AvgIpc) is 2.89. The monoisotopic (exact) mass is 337 g/mol. The molecule has 0 aromatic heterocycles. The van der Waals surface area contributed by atoms with Crippen LogP contribution in [0.3, 0.4) is 0 Å². The van der Waals surface area contributed by atoms with E-state index in [1.54, 1.807) is 23.6 Å². The standard InChI is InChI=1S/C16H19NO5S/c1-2-20-16(19)15(18)17-6-5-14(23-8-7-17)11-3-4-12-13(9-11)22-10-21-12/h3-4,9,14H,2,5-8,10H2,1H3. The molecule has 1 aromatic carbocycles. The van der Waals surface area contributed by atoms with E-state index >= 15 is 0 Å². The van der Waals surface area contributed by atoms with Crippen LogP contribution in [0.25, 0.3) is 0 Å². The summed E-state index contributed by atoms with van der Waals surface area (Å²) < 4.78 is 15.5. The maximum atomic E-state index is 12.0. The van der Waals surface area contributed by atoms with Gasteiger partial charge in [-0.2, -0.15) is 11.8 Å². The molecule has 1 aromatic rings. The van der Waals surface area contributed by atoms with Crippen LogP contribution in [0.2, 0.25) is 0 Å². The number of benzene rings is 1. The highest BCUT2D eigenvalue weighted by Gasteiger charge is 2.27. The Balaban J connectivity index is 1.64. The largest absolute Gasteiger partial charge is 0.459 e. The van der Waals surface area contributed by atoms with E-state index in [-0.39, 0.29) is 18.6 Å². The molecule has 0 saturated carbocycles. The normalized spacial score (nSPS) is 20.0. The van der Waals surface area contributed by atoms with E-state index in [0.29, 0.717) is 13.1 Å². The van der Waals surface area contributed by atoms with Crippen LogP contribution in [-0.4, -0.2) is 49.0 Å². The molecule has 2 heterocycles. The van der Waals surface area contributed by atoms with Gasteiger partial charge in [0.1, 0.15) is 0 Å². The maximum Gasteiger partial charge on any atom is 0.397 e. The van der Waals surface area contributed by atoms with Crippen LogP contribution in [0, 0.1) is 0 Å². The molecule has 7 heteroatoms. The smallest absolute Gasteiger partial charge is 0.397 e. The molecular weight excluding hydrogens is 318 g/mol. The minimum Gasteiger partial charge on any atom is -0.459 e. The van der Waals surface area contributed by atoms with Gasteiger partial charge in [-0.3, -0.25) is 4.79 Å². The number of rotatable bonds is 2. The van der Waals surface area contributed by atoms with Crippen molar-refractivity contribution in [1.82, 2.24) is 4.90 Å². The van der Waals surface area contributed by atoms with E-state index in [0.717, 1.165) is 29.2 Å². The number of esters is 1. The fraction of sp³-hybridized carbons (Fsp3) is 0.500. The molecule has 1 saturated heterocycles. The van der Waals surface area contributed by atoms with Crippen molar-refractivity contribution in [3.8, 4) is 11.5 Å². The van der Waals surface area contributed by atoms with Gasteiger partial charge in [0.05, 0.1) is 6.61 Å². The number of hydrogen-bond donors (Lipinski definition) is 0. The Kier molecular flexibility index (Phi) is 4.95. The fourth-order valence-corrected chi connectivity index (χ4v) is 3.90. The zero-order chi connectivity index (χ0) is 16.2. The highest BCUT2D eigenvalue weighted by atomic mass is 32.2. The Labute approximate surface area is 139 Å². The number of thioether (sulfide) groups is 1. The SMILES string of the molecule is CCOC(=O)C(=O)N1CCSC(c2ccc3c(c2)OCO3)CC1. The van der Waals surface area contributed by atoms with Crippen LogP contribution < -0.4 is 9.47 Å². The number of fused-ring (bicyclic) bond motifs is 1. The van der Waals surface area contributed by atoms with E-state index in [4.69, 9.17) is 14.2 Å². The van der Waals surface area contributed by atoms with Gasteiger partial charge in [-0.05, 0) is 31.0 Å². The summed E-state index contributed by atoms with van der Waals surface area (Å²) in [6.45, 7) is 3.28. The molecular formula is C16H19NO5S. The summed E-state index contributed by atoms with van der Waals surface area (Å²) in [5, 5.41) is 0.268. The summed E-state index contributed by atoms with van der Waals surface area (Å²) in [7, 11) is 0. The van der Waals surface area contributed by atoms with Crippen molar-refractivity contribution in [3.63, 3.8) is 0 Å². The second-order valence-corrected chi connectivity index (χ2v) is 6.58. The highest BCUT2D eigenvalue weighted by Crippen LogP contribution is 2.40. The van der Waals surface area contributed by atoms with Crippen molar-refractivity contribution in [2.24, 2.45) is 0 Å². The van der Waals surface area contributed by atoms with Crippen molar-refractivity contribution < 1.29 is 23.8 Å². The van der Waals surface area contributed by atoms with E-state index in [1.165, 1.54) is 0 Å². The van der Waals surface area contributed by atoms with Crippen molar-refractivity contribution in [3.05, 3.63) is 23.8 Å². The maximum absolute atomic E-state index is 12.0. The molecule has 1 atom stereocenters. The van der Waals surface area contributed by atoms with Crippen molar-refractivity contribution in [2.45, 2.75) is 18.6 Å². The minimum absolute atomic E-state index is 0.215. The molecule has 1 amide bonds. The Morgan fingerprint density at radius 1 is 1.30 bits per heavy atom. The predicted octanol–water partition coefficient (Wildman–Crippen LogP) is 1.98. The van der Waals surface area contributed by atoms with Crippen molar-refractivity contribution >= 4 is 23.6 Å². The second kappa shape index (κ2) is 7.12. The molecule has 0 spiro atoms. The van der Waals surface area contributed by atoms with Crippen LogP contribution in [0.4, 0.5) is 0 Å². The summed E-state index contributed by atoms with van der Waals surface area (Å²) in [5.41, 5.74) is 1.16. The lowest BCUT2D eigenvalue weighted by Gasteiger charge is -2.19. The average molecular weight is 337 g/mol. The Hall–Kier alpha value is -1.89. The molecule has 124 valence electrons. The molecule has 3 rings (SSSR count). The van der Waals surface area contributed by atoms with Crippen LogP contribution in [0.5, 0.6) is 11.5 Å². The number of hydrogen-bond acceptors (Lipinski definition) is 6. The molecule has 1 unspecified atom stereocenters. The first kappa shape index (κ1) is 16.0. The van der Waals surface area contributed by atoms with Gasteiger partial charge >= 0.3 is 11.9 Å². The fourth-order valence-electron chi connectivity index (χ4n) is 2.67. The quantitative estimate of drug-likeness (QED) is 0.607. The summed E-state index contributed by atoms with van der Waals surface area (Å²) in [6.07, 6.45) is 0.787. The first-order chi connectivity index (χ1) is 11.2. The van der Waals surface area contributed by atoms with Gasteiger partial charge in [-0.1, -0.05) is 6.07 Å². The summed E-state index contributed by atoms with van der Waals surface area (Å²) in [5.74, 6) is 1.01. The molecule has 1 fully saturated rings. The van der Waals surface area contributed by atoms with Crippen LogP contribution in [-0.2, 0) is 14.3 Å². The topological polar surface area (TPSA) is 65.1 Å². The van der Waals surface area contributed by atoms with Gasteiger partial charge in [0.25, 0.3) is 0 Å². The molecule has 23 heavy (non-hydrogen) atoms. The number of carbonyl (C=O) groups is 2. The Bertz CT molecular complexity index is 606. The van der Waals surface area contributed by atoms with E-state index in [2.05, 4.69) is 0 Å². The molecule has 2 aliphatic heterocycles. The lowest BCUT2D eigenvalue weighted by atomic mass is 10.1. The van der Waals surface area contributed by atoms with Gasteiger partial charge in [0.15, 0.2) is 11.5 Å². The van der Waals surface area contributed by atoms with Crippen molar-refractivity contribution in [1.29, 1.82) is 0 Å². The molecule has 0 aliphatic carbocycles. The van der Waals surface area contributed by atoms with Crippen LogP contribution in [0.1, 0.15) is 24.2 Å². The van der Waals surface area contributed by atoms with Gasteiger partial charge in [-0.25, -0.2) is 4.79 Å². The summed E-state index contributed by atoms with van der Waals surface area (Å²) in [4.78, 5) is 25.2. The van der Waals surface area contributed by atoms with Gasteiger partial charge in [0, 0.05) is 24.1 Å². The second-order valence-electron chi connectivity index (χ2n) is 5.27. The third kappa shape index (κ3) is 3.55. The lowest BCUT2D eigenvalue weighted by molar-refractivity contribution is -0.159. The number of carbonyl (C=O) groups excluding carboxylic acids is 2. The molecule has 6 nitrogen and oxygen atoms in total. The van der Waals surface area contributed by atoms with Crippen LogP contribution >= 0.6 is 11.8 Å². The number of ether oxygens (including phenoxy) is 3. The molecule has 0 bridgehead atoms. The number of nitrogens with zero attached hydrogens (tertiary/aromatic N) is 1. The lowest BCUT2D eigenvalue weighted by Crippen LogP contribution is -2.39. The minimum atomic E-state index is -0.765. The van der Waals surface area contributed by atoms with E-state index < -0.39 is 11.9 Å². The van der Waals surface area contributed by atoms with Gasteiger partial charge in [0.2, 0.25) is 6.79 Å². The molecule has 0 N–H and O–H groups in total. The van der Waals surface area contributed by atoms with E-state index in [9.17, 15) is 9.59 Å².